The van der Waals surface area contributed by atoms with Gasteiger partial charge in [0.25, 0.3) is 0 Å². The fourth-order valence-electron chi connectivity index (χ4n) is 2.01. The number of halogens is 2. The first-order chi connectivity index (χ1) is 10.6. The first-order valence-electron chi connectivity index (χ1n) is 6.10. The third kappa shape index (κ3) is 3.28. The highest BCUT2D eigenvalue weighted by molar-refractivity contribution is 9.10. The molecule has 1 atom stereocenters. The fourth-order valence-corrected chi connectivity index (χ4v) is 2.76. The van der Waals surface area contributed by atoms with Crippen LogP contribution in [0.25, 0.3) is 0 Å². The number of nitro groups is 2. The number of carbonyl (C=O) groups excluding carboxylic acids is 1. The molecule has 0 aromatic heterocycles. The van der Waals surface area contributed by atoms with E-state index in [-0.39, 0.29) is 11.4 Å². The minimum Gasteiger partial charge on any atom is -0.358 e. The van der Waals surface area contributed by atoms with Crippen molar-refractivity contribution in [2.24, 2.45) is 9.98 Å². The summed E-state index contributed by atoms with van der Waals surface area (Å²) in [5.74, 6) is -2.20. The van der Waals surface area contributed by atoms with E-state index in [2.05, 4.69) is 25.9 Å². The van der Waals surface area contributed by atoms with E-state index >= 15 is 0 Å². The van der Waals surface area contributed by atoms with Crippen molar-refractivity contribution in [1.82, 2.24) is 0 Å². The number of benzene rings is 1. The summed E-state index contributed by atoms with van der Waals surface area (Å²) < 4.78 is 11.6. The van der Waals surface area contributed by atoms with Crippen molar-refractivity contribution in [1.29, 1.82) is 0 Å². The van der Waals surface area contributed by atoms with Crippen molar-refractivity contribution in [3.63, 3.8) is 0 Å². The Bertz CT molecular complexity index is 794. The topological polar surface area (TPSA) is 128 Å². The zero-order valence-corrected chi connectivity index (χ0v) is 13.1. The third-order valence-electron chi connectivity index (χ3n) is 2.98. The van der Waals surface area contributed by atoms with Crippen molar-refractivity contribution in [2.75, 3.05) is 0 Å². The molecule has 120 valence electrons. The summed E-state index contributed by atoms with van der Waals surface area (Å²) in [5, 5.41) is 21.7. The molecule has 0 spiro atoms. The number of carbonyl (C=O) groups is 1. The van der Waals surface area contributed by atoms with Gasteiger partial charge in [0.05, 0.1) is 11.3 Å². The predicted octanol–water partition coefficient (Wildman–Crippen LogP) is 2.51. The predicted molar refractivity (Wildman–Crippen MR) is 81.2 cm³/mol. The molecule has 23 heavy (non-hydrogen) atoms. The standard InChI is InChI=1S/C12H8BrFN4O5/c1-6-15-11(18(22)23)12(13,16-6)5-10(19)7-2-3-8(14)9(4-7)17(20)21/h2-4H,5H2,1H3. The van der Waals surface area contributed by atoms with Gasteiger partial charge in [-0.3, -0.25) is 14.9 Å². The van der Waals surface area contributed by atoms with Gasteiger partial charge in [0.2, 0.25) is 16.1 Å². The quantitative estimate of drug-likeness (QED) is 0.258. The Balaban J connectivity index is 2.33. The molecule has 0 saturated heterocycles. The molecule has 0 saturated carbocycles. The lowest BCUT2D eigenvalue weighted by Crippen LogP contribution is -2.35. The molecule has 1 heterocycles. The molecular weight excluding hydrogens is 379 g/mol. The molecule has 0 amide bonds. The van der Waals surface area contributed by atoms with Crippen LogP contribution in [0, 0.1) is 26.0 Å². The van der Waals surface area contributed by atoms with Gasteiger partial charge in [-0.2, -0.15) is 4.39 Å². The number of hydrogen-bond donors (Lipinski definition) is 0. The molecule has 0 N–H and O–H groups in total. The van der Waals surface area contributed by atoms with Crippen LogP contribution in [0.1, 0.15) is 23.7 Å². The van der Waals surface area contributed by atoms with Crippen molar-refractivity contribution in [3.05, 3.63) is 49.8 Å². The lowest BCUT2D eigenvalue weighted by molar-refractivity contribution is -0.387. The highest BCUT2D eigenvalue weighted by Gasteiger charge is 2.48. The monoisotopic (exact) mass is 386 g/mol. The van der Waals surface area contributed by atoms with Gasteiger partial charge in [0.1, 0.15) is 0 Å². The van der Waals surface area contributed by atoms with E-state index in [1.165, 1.54) is 6.92 Å². The highest BCUT2D eigenvalue weighted by atomic mass is 79.9. The lowest BCUT2D eigenvalue weighted by atomic mass is 10.0. The van der Waals surface area contributed by atoms with Crippen molar-refractivity contribution in [2.45, 2.75) is 17.8 Å². The van der Waals surface area contributed by atoms with E-state index in [0.717, 1.165) is 18.2 Å². The Morgan fingerprint density at radius 2 is 2.00 bits per heavy atom. The molecule has 11 heteroatoms. The second-order valence-electron chi connectivity index (χ2n) is 4.63. The van der Waals surface area contributed by atoms with E-state index in [4.69, 9.17) is 0 Å². The molecule has 2 rings (SSSR count). The van der Waals surface area contributed by atoms with Gasteiger partial charge in [-0.25, -0.2) is 4.99 Å². The Morgan fingerprint density at radius 1 is 1.35 bits per heavy atom. The summed E-state index contributed by atoms with van der Waals surface area (Å²) in [6, 6.07) is 2.63. The zero-order valence-electron chi connectivity index (χ0n) is 11.5. The summed E-state index contributed by atoms with van der Waals surface area (Å²) in [6.07, 6.45) is -0.493. The summed E-state index contributed by atoms with van der Waals surface area (Å²) in [5.41, 5.74) is -1.01. The smallest absolute Gasteiger partial charge is 0.358 e. The van der Waals surface area contributed by atoms with Crippen LogP contribution in [-0.4, -0.2) is 31.7 Å². The van der Waals surface area contributed by atoms with Crippen LogP contribution in [0.5, 0.6) is 0 Å². The number of aliphatic imine (C=N–C) groups is 2. The summed E-state index contributed by atoms with van der Waals surface area (Å²) >= 11 is 3.02. The summed E-state index contributed by atoms with van der Waals surface area (Å²) in [6.45, 7) is 1.43. The van der Waals surface area contributed by atoms with E-state index < -0.39 is 43.8 Å². The van der Waals surface area contributed by atoms with E-state index in [1.807, 2.05) is 0 Å². The van der Waals surface area contributed by atoms with Gasteiger partial charge in [-0.05, 0) is 38.0 Å². The highest BCUT2D eigenvalue weighted by Crippen LogP contribution is 2.33. The van der Waals surface area contributed by atoms with Crippen LogP contribution < -0.4 is 0 Å². The van der Waals surface area contributed by atoms with E-state index in [9.17, 15) is 29.4 Å². The average Bonchev–Trinajstić information content (AvgIpc) is 2.73. The minimum atomic E-state index is -1.65. The number of nitro benzene ring substituents is 1. The number of ketones is 1. The molecule has 0 bridgehead atoms. The van der Waals surface area contributed by atoms with Gasteiger partial charge in [0.15, 0.2) is 5.78 Å². The van der Waals surface area contributed by atoms with Gasteiger partial charge >= 0.3 is 11.5 Å². The average molecular weight is 387 g/mol. The van der Waals surface area contributed by atoms with Crippen molar-refractivity contribution >= 4 is 39.1 Å². The molecule has 0 aliphatic carbocycles. The van der Waals surface area contributed by atoms with Crippen LogP contribution in [0.4, 0.5) is 10.1 Å². The van der Waals surface area contributed by atoms with Crippen LogP contribution >= 0.6 is 15.9 Å². The van der Waals surface area contributed by atoms with Gasteiger partial charge < -0.3 is 10.1 Å². The maximum Gasteiger partial charge on any atom is 0.380 e. The van der Waals surface area contributed by atoms with Crippen LogP contribution in [-0.2, 0) is 0 Å². The molecule has 1 aliphatic heterocycles. The van der Waals surface area contributed by atoms with E-state index in [0.29, 0.717) is 0 Å². The number of Topliss-reactive ketones (excluding diaryl/α,β-unsaturated/α-hetero) is 1. The maximum atomic E-state index is 13.3. The van der Waals surface area contributed by atoms with E-state index in [1.54, 1.807) is 0 Å². The number of hydrogen-bond acceptors (Lipinski definition) is 7. The van der Waals surface area contributed by atoms with Crippen LogP contribution in [0.15, 0.2) is 28.2 Å². The fraction of sp³-hybridized carbons (Fsp3) is 0.250. The van der Waals surface area contributed by atoms with Gasteiger partial charge in [0, 0.05) is 18.6 Å². The molecule has 1 aromatic rings. The Hall–Kier alpha value is -2.56. The minimum absolute atomic E-state index is 0.117. The first kappa shape index (κ1) is 16.8. The number of rotatable bonds is 4. The zero-order chi connectivity index (χ0) is 17.4. The SMILES string of the molecule is CC1=NC(Br)(CC(=O)c2ccc(F)c([N+](=O)[O-])c2)C([N+](=O)[O-])=N1. The number of alkyl halides is 1. The molecule has 1 aromatic carbocycles. The summed E-state index contributed by atoms with van der Waals surface area (Å²) in [4.78, 5) is 39.8. The lowest BCUT2D eigenvalue weighted by Gasteiger charge is -2.14. The molecule has 0 fully saturated rings. The third-order valence-corrected chi connectivity index (χ3v) is 3.79. The number of nitrogens with zero attached hydrogens (tertiary/aromatic N) is 4. The second kappa shape index (κ2) is 5.91. The van der Waals surface area contributed by atoms with Crippen molar-refractivity contribution in [3.8, 4) is 0 Å². The second-order valence-corrected chi connectivity index (χ2v) is 5.95. The largest absolute Gasteiger partial charge is 0.380 e. The molecular formula is C12H8BrFN4O5. The normalized spacial score (nSPS) is 20.0. The summed E-state index contributed by atoms with van der Waals surface area (Å²) in [7, 11) is 0. The Morgan fingerprint density at radius 3 is 2.57 bits per heavy atom. The van der Waals surface area contributed by atoms with Crippen LogP contribution in [0.3, 0.4) is 0 Å². The molecule has 9 nitrogen and oxygen atoms in total. The van der Waals surface area contributed by atoms with Gasteiger partial charge in [-0.1, -0.05) is 0 Å². The number of amidine groups is 2. The molecule has 1 unspecified atom stereocenters. The first-order valence-corrected chi connectivity index (χ1v) is 6.89. The molecule has 0 radical (unpaired) electrons. The Labute approximate surface area is 136 Å². The maximum absolute atomic E-state index is 13.3. The van der Waals surface area contributed by atoms with Gasteiger partial charge in [-0.15, -0.1) is 0 Å². The Kier molecular flexibility index (Phi) is 4.32. The molecule has 1 aliphatic rings. The van der Waals surface area contributed by atoms with Crippen LogP contribution in [0.2, 0.25) is 0 Å². The van der Waals surface area contributed by atoms with Crippen molar-refractivity contribution < 1.29 is 19.0 Å².